The predicted molar refractivity (Wildman–Crippen MR) is 64.5 cm³/mol. The van der Waals surface area contributed by atoms with Gasteiger partial charge in [0, 0.05) is 42.3 Å². The molecular weight excluding hydrogens is 214 g/mol. The second-order valence-electron chi connectivity index (χ2n) is 4.42. The summed E-state index contributed by atoms with van der Waals surface area (Å²) in [4.78, 5) is 8.51. The molecule has 0 bridgehead atoms. The van der Waals surface area contributed by atoms with E-state index in [0.717, 1.165) is 36.5 Å². The van der Waals surface area contributed by atoms with Crippen LogP contribution in [0.5, 0.6) is 0 Å². The Bertz CT molecular complexity index is 507. The molecule has 0 spiro atoms. The number of rotatable bonds is 2. The minimum Gasteiger partial charge on any atom is -0.396 e. The lowest BCUT2D eigenvalue weighted by Crippen LogP contribution is -2.18. The van der Waals surface area contributed by atoms with E-state index in [4.69, 9.17) is 0 Å². The highest BCUT2D eigenvalue weighted by molar-refractivity contribution is 5.55. The molecule has 2 aromatic rings. The van der Waals surface area contributed by atoms with Crippen LogP contribution in [-0.4, -0.2) is 26.2 Å². The topological polar surface area (TPSA) is 50.9 Å². The van der Waals surface area contributed by atoms with Crippen molar-refractivity contribution in [2.24, 2.45) is 0 Å². The standard InChI is InChI=1S/C13H15N3O/c17-9-11-2-1-7-16-12(11)8-15-13(16)10-3-5-14-6-4-10/h3-6,8,11,17H,1-2,7,9H2. The quantitative estimate of drug-likeness (QED) is 0.854. The maximum Gasteiger partial charge on any atom is 0.140 e. The summed E-state index contributed by atoms with van der Waals surface area (Å²) in [5, 5.41) is 9.37. The van der Waals surface area contributed by atoms with Gasteiger partial charge in [-0.25, -0.2) is 4.98 Å². The highest BCUT2D eigenvalue weighted by Gasteiger charge is 2.22. The summed E-state index contributed by atoms with van der Waals surface area (Å²) in [6.07, 6.45) is 7.62. The maximum atomic E-state index is 9.37. The molecule has 1 aliphatic rings. The van der Waals surface area contributed by atoms with E-state index in [-0.39, 0.29) is 12.5 Å². The van der Waals surface area contributed by atoms with Crippen LogP contribution in [0.25, 0.3) is 11.4 Å². The molecule has 17 heavy (non-hydrogen) atoms. The Labute approximate surface area is 100.0 Å². The van der Waals surface area contributed by atoms with Crippen LogP contribution in [0, 0.1) is 0 Å². The zero-order valence-electron chi connectivity index (χ0n) is 9.58. The molecule has 0 fully saturated rings. The monoisotopic (exact) mass is 229 g/mol. The molecule has 0 aliphatic carbocycles. The first-order valence-corrected chi connectivity index (χ1v) is 5.97. The third kappa shape index (κ3) is 1.74. The average Bonchev–Trinajstić information content (AvgIpc) is 2.83. The van der Waals surface area contributed by atoms with E-state index in [1.54, 1.807) is 12.4 Å². The summed E-state index contributed by atoms with van der Waals surface area (Å²) in [6, 6.07) is 3.94. The molecule has 0 saturated heterocycles. The third-order valence-electron chi connectivity index (χ3n) is 3.40. The summed E-state index contributed by atoms with van der Waals surface area (Å²) in [5.41, 5.74) is 2.25. The van der Waals surface area contributed by atoms with E-state index in [1.807, 2.05) is 18.3 Å². The Morgan fingerprint density at radius 1 is 1.35 bits per heavy atom. The number of aromatic nitrogens is 3. The molecule has 0 aromatic carbocycles. The zero-order valence-corrected chi connectivity index (χ0v) is 9.58. The van der Waals surface area contributed by atoms with Crippen LogP contribution in [0.3, 0.4) is 0 Å². The first-order valence-electron chi connectivity index (χ1n) is 5.97. The fourth-order valence-electron chi connectivity index (χ4n) is 2.51. The molecule has 1 unspecified atom stereocenters. The number of pyridine rings is 1. The molecule has 1 aliphatic heterocycles. The molecular formula is C13H15N3O. The van der Waals surface area contributed by atoms with E-state index in [1.165, 1.54) is 0 Å². The van der Waals surface area contributed by atoms with Crippen LogP contribution in [-0.2, 0) is 6.54 Å². The number of imidazole rings is 1. The summed E-state index contributed by atoms with van der Waals surface area (Å²) < 4.78 is 2.22. The molecule has 4 heteroatoms. The molecule has 88 valence electrons. The second-order valence-corrected chi connectivity index (χ2v) is 4.42. The SMILES string of the molecule is OCC1CCCn2c1cnc2-c1ccncc1. The first-order chi connectivity index (χ1) is 8.40. The second kappa shape index (κ2) is 4.30. The lowest BCUT2D eigenvalue weighted by atomic mass is 9.97. The third-order valence-corrected chi connectivity index (χ3v) is 3.40. The lowest BCUT2D eigenvalue weighted by molar-refractivity contribution is 0.241. The van der Waals surface area contributed by atoms with E-state index in [2.05, 4.69) is 14.5 Å². The van der Waals surface area contributed by atoms with Crippen molar-refractivity contribution in [2.75, 3.05) is 6.61 Å². The van der Waals surface area contributed by atoms with Gasteiger partial charge in [0.15, 0.2) is 0 Å². The lowest BCUT2D eigenvalue weighted by Gasteiger charge is -2.23. The van der Waals surface area contributed by atoms with Crippen molar-refractivity contribution in [3.63, 3.8) is 0 Å². The summed E-state index contributed by atoms with van der Waals surface area (Å²) in [6.45, 7) is 1.20. The Morgan fingerprint density at radius 2 is 2.18 bits per heavy atom. The molecule has 1 N–H and O–H groups in total. The molecule has 2 aromatic heterocycles. The van der Waals surface area contributed by atoms with Crippen molar-refractivity contribution in [3.05, 3.63) is 36.4 Å². The van der Waals surface area contributed by atoms with Crippen LogP contribution < -0.4 is 0 Å². The van der Waals surface area contributed by atoms with Crippen LogP contribution >= 0.6 is 0 Å². The van der Waals surface area contributed by atoms with Crippen molar-refractivity contribution in [1.29, 1.82) is 0 Å². The van der Waals surface area contributed by atoms with Gasteiger partial charge < -0.3 is 9.67 Å². The van der Waals surface area contributed by atoms with Gasteiger partial charge in [-0.15, -0.1) is 0 Å². The largest absolute Gasteiger partial charge is 0.396 e. The molecule has 4 nitrogen and oxygen atoms in total. The summed E-state index contributed by atoms with van der Waals surface area (Å²) in [5.74, 6) is 1.23. The number of fused-ring (bicyclic) bond motifs is 1. The number of hydrogen-bond donors (Lipinski definition) is 1. The van der Waals surface area contributed by atoms with Gasteiger partial charge in [0.2, 0.25) is 0 Å². The van der Waals surface area contributed by atoms with Crippen molar-refractivity contribution in [1.82, 2.24) is 14.5 Å². The predicted octanol–water partition coefficient (Wildman–Crippen LogP) is 1.81. The van der Waals surface area contributed by atoms with Gasteiger partial charge >= 0.3 is 0 Å². The first kappa shape index (κ1) is 10.5. The number of nitrogens with zero attached hydrogens (tertiary/aromatic N) is 3. The Balaban J connectivity index is 2.06. The zero-order chi connectivity index (χ0) is 11.7. The molecule has 0 saturated carbocycles. The van der Waals surface area contributed by atoms with Crippen molar-refractivity contribution in [2.45, 2.75) is 25.3 Å². The molecule has 0 amide bonds. The highest BCUT2D eigenvalue weighted by atomic mass is 16.3. The fourth-order valence-corrected chi connectivity index (χ4v) is 2.51. The van der Waals surface area contributed by atoms with Crippen molar-refractivity contribution >= 4 is 0 Å². The Kier molecular flexibility index (Phi) is 2.65. The van der Waals surface area contributed by atoms with Crippen molar-refractivity contribution in [3.8, 4) is 11.4 Å². The number of aliphatic hydroxyl groups excluding tert-OH is 1. The van der Waals surface area contributed by atoms with Gasteiger partial charge in [-0.3, -0.25) is 4.98 Å². The van der Waals surface area contributed by atoms with E-state index in [0.29, 0.717) is 0 Å². The van der Waals surface area contributed by atoms with E-state index < -0.39 is 0 Å². The summed E-state index contributed by atoms with van der Waals surface area (Å²) in [7, 11) is 0. The molecule has 0 radical (unpaired) electrons. The van der Waals surface area contributed by atoms with E-state index >= 15 is 0 Å². The van der Waals surface area contributed by atoms with Gasteiger partial charge in [-0.05, 0) is 25.0 Å². The Hall–Kier alpha value is -1.68. The van der Waals surface area contributed by atoms with Crippen LogP contribution in [0.1, 0.15) is 24.5 Å². The van der Waals surface area contributed by atoms with Gasteiger partial charge in [0.05, 0.1) is 6.61 Å². The van der Waals surface area contributed by atoms with Gasteiger partial charge in [-0.1, -0.05) is 0 Å². The summed E-state index contributed by atoms with van der Waals surface area (Å²) >= 11 is 0. The fraction of sp³-hybridized carbons (Fsp3) is 0.385. The minimum absolute atomic E-state index is 0.210. The number of hydrogen-bond acceptors (Lipinski definition) is 3. The van der Waals surface area contributed by atoms with Gasteiger partial charge in [-0.2, -0.15) is 0 Å². The molecule has 3 rings (SSSR count). The average molecular weight is 229 g/mol. The van der Waals surface area contributed by atoms with E-state index in [9.17, 15) is 5.11 Å². The smallest absolute Gasteiger partial charge is 0.140 e. The molecule has 3 heterocycles. The Morgan fingerprint density at radius 3 is 2.94 bits per heavy atom. The van der Waals surface area contributed by atoms with Crippen LogP contribution in [0.4, 0.5) is 0 Å². The van der Waals surface area contributed by atoms with Gasteiger partial charge in [0.1, 0.15) is 5.82 Å². The van der Waals surface area contributed by atoms with Crippen LogP contribution in [0.15, 0.2) is 30.7 Å². The maximum absolute atomic E-state index is 9.37. The van der Waals surface area contributed by atoms with Crippen LogP contribution in [0.2, 0.25) is 0 Å². The highest BCUT2D eigenvalue weighted by Crippen LogP contribution is 2.31. The number of aliphatic hydroxyl groups is 1. The minimum atomic E-state index is 0.210. The molecule has 1 atom stereocenters. The van der Waals surface area contributed by atoms with Crippen molar-refractivity contribution < 1.29 is 5.11 Å². The van der Waals surface area contributed by atoms with Gasteiger partial charge in [0.25, 0.3) is 0 Å². The normalized spacial score (nSPS) is 19.0.